The molecule has 1 aliphatic heterocycles. The van der Waals surface area contributed by atoms with Crippen molar-refractivity contribution in [2.45, 2.75) is 53.4 Å². The smallest absolute Gasteiger partial charge is 0.254 e. The van der Waals surface area contributed by atoms with Crippen molar-refractivity contribution in [2.75, 3.05) is 18.8 Å². The summed E-state index contributed by atoms with van der Waals surface area (Å²) in [4.78, 5) is 14.7. The second kappa shape index (κ2) is 6.08. The number of benzene rings is 1. The SMILES string of the molecule is CCC1(CC)CCN(C(=O)c2cc(N)c(C)cc2C)CC1. The first-order chi connectivity index (χ1) is 9.92. The monoisotopic (exact) mass is 288 g/mol. The van der Waals surface area contributed by atoms with Gasteiger partial charge in [-0.2, -0.15) is 0 Å². The zero-order chi connectivity index (χ0) is 15.6. The highest BCUT2D eigenvalue weighted by atomic mass is 16.2. The molecule has 3 heteroatoms. The van der Waals surface area contributed by atoms with Gasteiger partial charge in [-0.3, -0.25) is 4.79 Å². The summed E-state index contributed by atoms with van der Waals surface area (Å²) in [7, 11) is 0. The minimum atomic E-state index is 0.139. The van der Waals surface area contributed by atoms with Gasteiger partial charge in [0.15, 0.2) is 0 Å². The van der Waals surface area contributed by atoms with E-state index in [-0.39, 0.29) is 5.91 Å². The van der Waals surface area contributed by atoms with Crippen LogP contribution in [-0.4, -0.2) is 23.9 Å². The van der Waals surface area contributed by atoms with Crippen LogP contribution < -0.4 is 5.73 Å². The van der Waals surface area contributed by atoms with Crippen molar-refractivity contribution >= 4 is 11.6 Å². The summed E-state index contributed by atoms with van der Waals surface area (Å²) < 4.78 is 0. The Morgan fingerprint density at radius 3 is 2.24 bits per heavy atom. The maximum Gasteiger partial charge on any atom is 0.254 e. The number of rotatable bonds is 3. The number of piperidine rings is 1. The molecule has 1 aliphatic rings. The largest absolute Gasteiger partial charge is 0.398 e. The van der Waals surface area contributed by atoms with E-state index in [0.29, 0.717) is 11.1 Å². The number of nitrogens with zero attached hydrogens (tertiary/aromatic N) is 1. The maximum atomic E-state index is 12.7. The van der Waals surface area contributed by atoms with Gasteiger partial charge in [-0.25, -0.2) is 0 Å². The van der Waals surface area contributed by atoms with Gasteiger partial charge in [0.2, 0.25) is 0 Å². The van der Waals surface area contributed by atoms with Gasteiger partial charge in [0.25, 0.3) is 5.91 Å². The number of anilines is 1. The Bertz CT molecular complexity index is 522. The van der Waals surface area contributed by atoms with E-state index in [1.165, 1.54) is 12.8 Å². The van der Waals surface area contributed by atoms with Crippen molar-refractivity contribution < 1.29 is 4.79 Å². The molecule has 3 nitrogen and oxygen atoms in total. The molecule has 1 aromatic carbocycles. The van der Waals surface area contributed by atoms with Crippen LogP contribution in [0.3, 0.4) is 0 Å². The third-order valence-electron chi connectivity index (χ3n) is 5.45. The van der Waals surface area contributed by atoms with Crippen LogP contribution in [0, 0.1) is 19.3 Å². The van der Waals surface area contributed by atoms with Gasteiger partial charge in [0.05, 0.1) is 0 Å². The zero-order valence-electron chi connectivity index (χ0n) is 13.8. The highest BCUT2D eigenvalue weighted by molar-refractivity contribution is 5.96. The molecule has 116 valence electrons. The van der Waals surface area contributed by atoms with E-state index in [1.54, 1.807) is 0 Å². The highest BCUT2D eigenvalue weighted by Crippen LogP contribution is 2.38. The normalized spacial score (nSPS) is 17.8. The third-order valence-corrected chi connectivity index (χ3v) is 5.45. The molecule has 0 saturated carbocycles. The lowest BCUT2D eigenvalue weighted by atomic mass is 9.74. The van der Waals surface area contributed by atoms with Crippen LogP contribution in [0.25, 0.3) is 0 Å². The number of hydrogen-bond acceptors (Lipinski definition) is 2. The zero-order valence-corrected chi connectivity index (χ0v) is 13.8. The molecule has 1 heterocycles. The number of hydrogen-bond donors (Lipinski definition) is 1. The second-order valence-electron chi connectivity index (χ2n) is 6.52. The van der Waals surface area contributed by atoms with Crippen molar-refractivity contribution in [2.24, 2.45) is 5.41 Å². The van der Waals surface area contributed by atoms with E-state index in [9.17, 15) is 4.79 Å². The minimum Gasteiger partial charge on any atom is -0.398 e. The summed E-state index contributed by atoms with van der Waals surface area (Å²) in [5.41, 5.74) is 9.95. The fraction of sp³-hybridized carbons (Fsp3) is 0.611. The van der Waals surface area contributed by atoms with Gasteiger partial charge < -0.3 is 10.6 Å². The van der Waals surface area contributed by atoms with Crippen LogP contribution in [0.4, 0.5) is 5.69 Å². The van der Waals surface area contributed by atoms with Gasteiger partial charge in [-0.05, 0) is 49.3 Å². The van der Waals surface area contributed by atoms with E-state index in [4.69, 9.17) is 5.73 Å². The molecule has 2 rings (SSSR count). The van der Waals surface area contributed by atoms with Crippen LogP contribution in [0.15, 0.2) is 12.1 Å². The number of aryl methyl sites for hydroxylation is 2. The topological polar surface area (TPSA) is 46.3 Å². The molecular weight excluding hydrogens is 260 g/mol. The molecule has 2 N–H and O–H groups in total. The molecule has 0 unspecified atom stereocenters. The van der Waals surface area contributed by atoms with Crippen molar-refractivity contribution in [3.63, 3.8) is 0 Å². The van der Waals surface area contributed by atoms with Crippen molar-refractivity contribution in [1.82, 2.24) is 4.90 Å². The average molecular weight is 288 g/mol. The molecule has 1 aromatic rings. The van der Waals surface area contributed by atoms with Gasteiger partial charge in [-0.15, -0.1) is 0 Å². The first-order valence-electron chi connectivity index (χ1n) is 8.08. The minimum absolute atomic E-state index is 0.139. The van der Waals surface area contributed by atoms with E-state index < -0.39 is 0 Å². The molecule has 0 radical (unpaired) electrons. The Morgan fingerprint density at radius 2 is 1.71 bits per heavy atom. The Kier molecular flexibility index (Phi) is 4.60. The van der Waals surface area contributed by atoms with E-state index >= 15 is 0 Å². The molecule has 1 saturated heterocycles. The highest BCUT2D eigenvalue weighted by Gasteiger charge is 2.33. The lowest BCUT2D eigenvalue weighted by molar-refractivity contribution is 0.0557. The van der Waals surface area contributed by atoms with Crippen molar-refractivity contribution in [3.8, 4) is 0 Å². The van der Waals surface area contributed by atoms with Crippen LogP contribution in [0.5, 0.6) is 0 Å². The van der Waals surface area contributed by atoms with Gasteiger partial charge in [0.1, 0.15) is 0 Å². The van der Waals surface area contributed by atoms with Crippen LogP contribution >= 0.6 is 0 Å². The Balaban J connectivity index is 2.14. The summed E-state index contributed by atoms with van der Waals surface area (Å²) in [5, 5.41) is 0. The molecule has 0 atom stereocenters. The predicted octanol–water partition coefficient (Wildman–Crippen LogP) is 3.93. The third kappa shape index (κ3) is 3.07. The van der Waals surface area contributed by atoms with Crippen molar-refractivity contribution in [1.29, 1.82) is 0 Å². The fourth-order valence-electron chi connectivity index (χ4n) is 3.41. The van der Waals surface area contributed by atoms with E-state index in [1.807, 2.05) is 30.9 Å². The molecule has 1 amide bonds. The molecule has 1 fully saturated rings. The summed E-state index contributed by atoms with van der Waals surface area (Å²) in [5.74, 6) is 0.139. The fourth-order valence-corrected chi connectivity index (χ4v) is 3.41. The Labute approximate surface area is 128 Å². The number of carbonyl (C=O) groups excluding carboxylic acids is 1. The summed E-state index contributed by atoms with van der Waals surface area (Å²) >= 11 is 0. The molecule has 0 aliphatic carbocycles. The quantitative estimate of drug-likeness (QED) is 0.857. The Hall–Kier alpha value is -1.51. The first-order valence-corrected chi connectivity index (χ1v) is 8.08. The molecule has 0 aromatic heterocycles. The number of amides is 1. The Morgan fingerprint density at radius 1 is 1.14 bits per heavy atom. The number of likely N-dealkylation sites (tertiary alicyclic amines) is 1. The molecule has 0 bridgehead atoms. The van der Waals surface area contributed by atoms with Gasteiger partial charge in [-0.1, -0.05) is 32.8 Å². The molecule has 21 heavy (non-hydrogen) atoms. The number of carbonyl (C=O) groups is 1. The molecular formula is C18H28N2O. The lowest BCUT2D eigenvalue weighted by Gasteiger charge is -2.41. The summed E-state index contributed by atoms with van der Waals surface area (Å²) in [6.45, 7) is 10.2. The standard InChI is InChI=1S/C18H28N2O/c1-5-18(6-2)7-9-20(10-8-18)17(21)15-12-16(19)14(4)11-13(15)3/h11-12H,5-10,19H2,1-4H3. The number of nitrogens with two attached hydrogens (primary N) is 1. The van der Waals surface area contributed by atoms with E-state index in [0.717, 1.165) is 42.6 Å². The average Bonchev–Trinajstić information content (AvgIpc) is 2.50. The van der Waals surface area contributed by atoms with Crippen LogP contribution in [0.1, 0.15) is 61.0 Å². The first kappa shape index (κ1) is 15.9. The second-order valence-corrected chi connectivity index (χ2v) is 6.52. The number of nitrogen functional groups attached to an aromatic ring is 1. The summed E-state index contributed by atoms with van der Waals surface area (Å²) in [6.07, 6.45) is 4.66. The predicted molar refractivity (Wildman–Crippen MR) is 88.5 cm³/mol. The summed E-state index contributed by atoms with van der Waals surface area (Å²) in [6, 6.07) is 3.85. The van der Waals surface area contributed by atoms with Crippen molar-refractivity contribution in [3.05, 3.63) is 28.8 Å². The van der Waals surface area contributed by atoms with E-state index in [2.05, 4.69) is 13.8 Å². The van der Waals surface area contributed by atoms with Gasteiger partial charge in [0, 0.05) is 24.3 Å². The van der Waals surface area contributed by atoms with Crippen LogP contribution in [0.2, 0.25) is 0 Å². The lowest BCUT2D eigenvalue weighted by Crippen LogP contribution is -2.43. The van der Waals surface area contributed by atoms with Gasteiger partial charge >= 0.3 is 0 Å². The maximum absolute atomic E-state index is 12.7. The molecule has 0 spiro atoms. The van der Waals surface area contributed by atoms with Crippen LogP contribution in [-0.2, 0) is 0 Å².